The molecule has 0 aliphatic rings. The standard InChI is InChI=1S/C15H15BrFNO2/c1-10(7-8-11-4-3-9-20-11)18-15(19)12-5-2-6-13(16)14(12)17/h2-6,9-10H,7-8H2,1H3,(H,18,19). The first-order chi connectivity index (χ1) is 9.58. The van der Waals surface area contributed by atoms with E-state index in [-0.39, 0.29) is 16.1 Å². The number of amides is 1. The molecule has 0 radical (unpaired) electrons. The first kappa shape index (κ1) is 14.8. The van der Waals surface area contributed by atoms with E-state index in [1.54, 1.807) is 18.4 Å². The zero-order valence-corrected chi connectivity index (χ0v) is 12.6. The van der Waals surface area contributed by atoms with Crippen molar-refractivity contribution in [2.24, 2.45) is 0 Å². The molecule has 1 unspecified atom stereocenters. The van der Waals surface area contributed by atoms with Crippen molar-refractivity contribution in [3.8, 4) is 0 Å². The van der Waals surface area contributed by atoms with Crippen molar-refractivity contribution >= 4 is 21.8 Å². The Labute approximate surface area is 125 Å². The summed E-state index contributed by atoms with van der Waals surface area (Å²) in [6.45, 7) is 1.89. The molecule has 2 aromatic rings. The number of hydrogen-bond donors (Lipinski definition) is 1. The average molecular weight is 340 g/mol. The summed E-state index contributed by atoms with van der Waals surface area (Å²) in [5, 5.41) is 2.79. The van der Waals surface area contributed by atoms with Crippen LogP contribution in [-0.2, 0) is 6.42 Å². The van der Waals surface area contributed by atoms with Crippen LogP contribution in [0.25, 0.3) is 0 Å². The van der Waals surface area contributed by atoms with E-state index in [2.05, 4.69) is 21.2 Å². The van der Waals surface area contributed by atoms with Crippen molar-refractivity contribution in [3.63, 3.8) is 0 Å². The van der Waals surface area contributed by atoms with Crippen LogP contribution < -0.4 is 5.32 Å². The molecule has 1 heterocycles. The third-order valence-electron chi connectivity index (χ3n) is 2.98. The molecule has 1 aromatic carbocycles. The maximum atomic E-state index is 13.8. The molecule has 0 aliphatic heterocycles. The number of halogens is 2. The van der Waals surface area contributed by atoms with Gasteiger partial charge in [0.2, 0.25) is 0 Å². The van der Waals surface area contributed by atoms with E-state index in [9.17, 15) is 9.18 Å². The van der Waals surface area contributed by atoms with Gasteiger partial charge in [-0.1, -0.05) is 6.07 Å². The lowest BCUT2D eigenvalue weighted by molar-refractivity contribution is 0.0934. The minimum atomic E-state index is -0.539. The quantitative estimate of drug-likeness (QED) is 0.896. The largest absolute Gasteiger partial charge is 0.469 e. The number of aryl methyl sites for hydroxylation is 1. The number of benzene rings is 1. The maximum absolute atomic E-state index is 13.8. The summed E-state index contributed by atoms with van der Waals surface area (Å²) in [5.74, 6) is -0.0706. The molecular formula is C15H15BrFNO2. The Morgan fingerprint density at radius 1 is 1.40 bits per heavy atom. The molecule has 1 amide bonds. The number of carbonyl (C=O) groups is 1. The van der Waals surface area contributed by atoms with Gasteiger partial charge in [0.05, 0.1) is 16.3 Å². The Morgan fingerprint density at radius 2 is 2.20 bits per heavy atom. The van der Waals surface area contributed by atoms with Crippen LogP contribution in [0, 0.1) is 5.82 Å². The van der Waals surface area contributed by atoms with Crippen LogP contribution in [0.3, 0.4) is 0 Å². The molecule has 0 saturated carbocycles. The van der Waals surface area contributed by atoms with Crippen LogP contribution >= 0.6 is 15.9 Å². The zero-order chi connectivity index (χ0) is 14.5. The third-order valence-corrected chi connectivity index (χ3v) is 3.59. The average Bonchev–Trinajstić information content (AvgIpc) is 2.92. The van der Waals surface area contributed by atoms with Crippen molar-refractivity contribution in [1.82, 2.24) is 5.32 Å². The normalized spacial score (nSPS) is 12.2. The fourth-order valence-electron chi connectivity index (χ4n) is 1.87. The predicted octanol–water partition coefficient (Wildman–Crippen LogP) is 3.93. The molecule has 0 spiro atoms. The Kier molecular flexibility index (Phi) is 4.95. The van der Waals surface area contributed by atoms with Crippen molar-refractivity contribution < 1.29 is 13.6 Å². The van der Waals surface area contributed by atoms with E-state index < -0.39 is 11.7 Å². The number of carbonyl (C=O) groups excluding carboxylic acids is 1. The Balaban J connectivity index is 1.92. The lowest BCUT2D eigenvalue weighted by Crippen LogP contribution is -2.33. The van der Waals surface area contributed by atoms with Crippen LogP contribution in [0.4, 0.5) is 4.39 Å². The molecule has 2 rings (SSSR count). The third kappa shape index (κ3) is 3.70. The summed E-state index contributed by atoms with van der Waals surface area (Å²) < 4.78 is 19.3. The SMILES string of the molecule is CC(CCc1ccco1)NC(=O)c1cccc(Br)c1F. The first-order valence-corrected chi connectivity index (χ1v) is 7.14. The second-order valence-corrected chi connectivity index (χ2v) is 5.45. The number of nitrogens with one attached hydrogen (secondary N) is 1. The van der Waals surface area contributed by atoms with E-state index in [0.29, 0.717) is 0 Å². The highest BCUT2D eigenvalue weighted by molar-refractivity contribution is 9.10. The number of rotatable bonds is 5. The summed E-state index contributed by atoms with van der Waals surface area (Å²) in [6, 6.07) is 8.32. The number of hydrogen-bond acceptors (Lipinski definition) is 2. The molecule has 0 bridgehead atoms. The second-order valence-electron chi connectivity index (χ2n) is 4.59. The highest BCUT2D eigenvalue weighted by atomic mass is 79.9. The van der Waals surface area contributed by atoms with E-state index in [4.69, 9.17) is 4.42 Å². The Bertz CT molecular complexity index is 584. The van der Waals surface area contributed by atoms with Crippen molar-refractivity contribution in [1.29, 1.82) is 0 Å². The van der Waals surface area contributed by atoms with Crippen molar-refractivity contribution in [2.45, 2.75) is 25.8 Å². The minimum absolute atomic E-state index is 0.0456. The van der Waals surface area contributed by atoms with Gasteiger partial charge in [-0.25, -0.2) is 4.39 Å². The van der Waals surface area contributed by atoms with Crippen molar-refractivity contribution in [2.75, 3.05) is 0 Å². The van der Waals surface area contributed by atoms with Crippen LogP contribution in [0.2, 0.25) is 0 Å². The molecule has 20 heavy (non-hydrogen) atoms. The Hall–Kier alpha value is -1.62. The number of furan rings is 1. The summed E-state index contributed by atoms with van der Waals surface area (Å²) in [4.78, 5) is 12.0. The topological polar surface area (TPSA) is 42.2 Å². The fraction of sp³-hybridized carbons (Fsp3) is 0.267. The van der Waals surface area contributed by atoms with Crippen LogP contribution in [0.15, 0.2) is 45.5 Å². The van der Waals surface area contributed by atoms with Crippen LogP contribution in [0.5, 0.6) is 0 Å². The zero-order valence-electron chi connectivity index (χ0n) is 11.0. The van der Waals surface area contributed by atoms with Gasteiger partial charge in [-0.3, -0.25) is 4.79 Å². The predicted molar refractivity (Wildman–Crippen MR) is 78.1 cm³/mol. The van der Waals surface area contributed by atoms with Gasteiger partial charge in [0.15, 0.2) is 0 Å². The summed E-state index contributed by atoms with van der Waals surface area (Å²) in [7, 11) is 0. The monoisotopic (exact) mass is 339 g/mol. The van der Waals surface area contributed by atoms with Gasteiger partial charge in [-0.2, -0.15) is 0 Å². The van der Waals surface area contributed by atoms with Gasteiger partial charge in [0, 0.05) is 12.5 Å². The Morgan fingerprint density at radius 3 is 2.90 bits per heavy atom. The van der Waals surface area contributed by atoms with Gasteiger partial charge >= 0.3 is 0 Å². The van der Waals surface area contributed by atoms with E-state index >= 15 is 0 Å². The van der Waals surface area contributed by atoms with Gasteiger partial charge < -0.3 is 9.73 Å². The molecule has 0 fully saturated rings. The molecule has 0 aliphatic carbocycles. The van der Waals surface area contributed by atoms with Gasteiger partial charge in [0.25, 0.3) is 5.91 Å². The van der Waals surface area contributed by atoms with E-state index in [1.807, 2.05) is 19.1 Å². The van der Waals surface area contributed by atoms with E-state index in [1.165, 1.54) is 6.07 Å². The highest BCUT2D eigenvalue weighted by Crippen LogP contribution is 2.18. The molecule has 0 saturated heterocycles. The molecule has 1 N–H and O–H groups in total. The second kappa shape index (κ2) is 6.70. The molecule has 5 heteroatoms. The lowest BCUT2D eigenvalue weighted by Gasteiger charge is -2.13. The van der Waals surface area contributed by atoms with Crippen LogP contribution in [0.1, 0.15) is 29.5 Å². The first-order valence-electron chi connectivity index (χ1n) is 6.35. The minimum Gasteiger partial charge on any atom is -0.469 e. The lowest BCUT2D eigenvalue weighted by atomic mass is 10.1. The molecule has 106 valence electrons. The van der Waals surface area contributed by atoms with Crippen LogP contribution in [-0.4, -0.2) is 11.9 Å². The van der Waals surface area contributed by atoms with Gasteiger partial charge in [0.1, 0.15) is 11.6 Å². The van der Waals surface area contributed by atoms with E-state index in [0.717, 1.165) is 18.6 Å². The summed E-state index contributed by atoms with van der Waals surface area (Å²) in [5.41, 5.74) is 0.0456. The van der Waals surface area contributed by atoms with Gasteiger partial charge in [-0.05, 0) is 53.5 Å². The molecular weight excluding hydrogens is 325 g/mol. The van der Waals surface area contributed by atoms with Crippen molar-refractivity contribution in [3.05, 3.63) is 58.2 Å². The molecule has 1 aromatic heterocycles. The van der Waals surface area contributed by atoms with Gasteiger partial charge in [-0.15, -0.1) is 0 Å². The highest BCUT2D eigenvalue weighted by Gasteiger charge is 2.15. The fourth-order valence-corrected chi connectivity index (χ4v) is 2.23. The smallest absolute Gasteiger partial charge is 0.254 e. The molecule has 1 atom stereocenters. The maximum Gasteiger partial charge on any atom is 0.254 e. The summed E-state index contributed by atoms with van der Waals surface area (Å²) >= 11 is 3.07. The summed E-state index contributed by atoms with van der Waals surface area (Å²) in [6.07, 6.45) is 3.08. The molecule has 3 nitrogen and oxygen atoms in total.